The number of pyridine rings is 1. The monoisotopic (exact) mass is 213 g/mol. The highest BCUT2D eigenvalue weighted by Crippen LogP contribution is 2.24. The molecule has 1 aromatic heterocycles. The molecule has 0 atom stereocenters. The number of nitrogens with zero attached hydrogens (tertiary/aromatic N) is 1. The molecule has 14 heavy (non-hydrogen) atoms. The first kappa shape index (κ1) is 9.34. The minimum Gasteiger partial charge on any atom is -0.233 e. The van der Waals surface area contributed by atoms with Crippen LogP contribution in [0.15, 0.2) is 18.2 Å². The Kier molecular flexibility index (Phi) is 2.11. The lowest BCUT2D eigenvalue weighted by Gasteiger charge is -2.04. The molecule has 1 nitrogen and oxygen atoms in total. The number of aromatic nitrogens is 1. The topological polar surface area (TPSA) is 12.9 Å². The van der Waals surface area contributed by atoms with Crippen LogP contribution in [0.4, 0.5) is 8.78 Å². The van der Waals surface area contributed by atoms with Gasteiger partial charge >= 0.3 is 0 Å². The predicted molar refractivity (Wildman–Crippen MR) is 51.4 cm³/mol. The third kappa shape index (κ3) is 1.34. The fourth-order valence-electron chi connectivity index (χ4n) is 1.34. The number of fused-ring (bicyclic) bond motifs is 1. The molecule has 0 amide bonds. The number of hydrogen-bond donors (Lipinski definition) is 0. The molecule has 0 saturated carbocycles. The highest BCUT2D eigenvalue weighted by Gasteiger charge is 2.10. The van der Waals surface area contributed by atoms with E-state index in [1.54, 1.807) is 6.92 Å². The number of rotatable bonds is 0. The lowest BCUT2D eigenvalue weighted by molar-refractivity contribution is 0.614. The molecule has 0 fully saturated rings. The van der Waals surface area contributed by atoms with Crippen molar-refractivity contribution in [1.82, 2.24) is 4.98 Å². The van der Waals surface area contributed by atoms with Gasteiger partial charge in [-0.25, -0.2) is 13.8 Å². The summed E-state index contributed by atoms with van der Waals surface area (Å²) in [7, 11) is 0. The van der Waals surface area contributed by atoms with Crippen molar-refractivity contribution in [2.45, 2.75) is 6.92 Å². The van der Waals surface area contributed by atoms with Gasteiger partial charge in [-0.15, -0.1) is 0 Å². The van der Waals surface area contributed by atoms with Gasteiger partial charge in [0.15, 0.2) is 11.0 Å². The van der Waals surface area contributed by atoms with E-state index in [2.05, 4.69) is 4.98 Å². The maximum absolute atomic E-state index is 13.3. The fourth-order valence-corrected chi connectivity index (χ4v) is 1.57. The standard InChI is InChI=1S/C10H6ClF2N/c1-5-7-3-2-6(12)4-8(7)14-10(11)9(5)13/h2-4H,1H3. The number of aryl methyl sites for hydroxylation is 1. The molecule has 0 spiro atoms. The largest absolute Gasteiger partial charge is 0.233 e. The molecule has 0 bridgehead atoms. The maximum Gasteiger partial charge on any atom is 0.165 e. The van der Waals surface area contributed by atoms with Crippen molar-refractivity contribution in [3.63, 3.8) is 0 Å². The van der Waals surface area contributed by atoms with Crippen LogP contribution in [-0.4, -0.2) is 4.98 Å². The van der Waals surface area contributed by atoms with Gasteiger partial charge in [-0.05, 0) is 24.6 Å². The molecule has 0 N–H and O–H groups in total. The summed E-state index contributed by atoms with van der Waals surface area (Å²) in [6.07, 6.45) is 0. The Morgan fingerprint density at radius 3 is 2.71 bits per heavy atom. The quantitative estimate of drug-likeness (QED) is 0.611. The Labute approximate surface area is 84.3 Å². The van der Waals surface area contributed by atoms with E-state index in [1.165, 1.54) is 18.2 Å². The van der Waals surface area contributed by atoms with E-state index >= 15 is 0 Å². The Morgan fingerprint density at radius 1 is 1.29 bits per heavy atom. The SMILES string of the molecule is Cc1c(F)c(Cl)nc2cc(F)ccc12. The first-order valence-electron chi connectivity index (χ1n) is 4.00. The van der Waals surface area contributed by atoms with Crippen LogP contribution in [-0.2, 0) is 0 Å². The van der Waals surface area contributed by atoms with Crippen molar-refractivity contribution in [2.24, 2.45) is 0 Å². The van der Waals surface area contributed by atoms with Gasteiger partial charge in [-0.1, -0.05) is 11.6 Å². The van der Waals surface area contributed by atoms with E-state index < -0.39 is 11.6 Å². The van der Waals surface area contributed by atoms with Crippen LogP contribution in [0.25, 0.3) is 10.9 Å². The zero-order valence-corrected chi connectivity index (χ0v) is 8.07. The molecule has 0 radical (unpaired) electrons. The summed E-state index contributed by atoms with van der Waals surface area (Å²) >= 11 is 5.54. The minimum atomic E-state index is -0.550. The smallest absolute Gasteiger partial charge is 0.165 e. The van der Waals surface area contributed by atoms with Gasteiger partial charge < -0.3 is 0 Å². The van der Waals surface area contributed by atoms with Gasteiger partial charge in [0.2, 0.25) is 0 Å². The summed E-state index contributed by atoms with van der Waals surface area (Å²) in [6, 6.07) is 3.99. The Bertz CT molecular complexity index is 511. The van der Waals surface area contributed by atoms with E-state index in [4.69, 9.17) is 11.6 Å². The first-order valence-corrected chi connectivity index (χ1v) is 4.38. The highest BCUT2D eigenvalue weighted by molar-refractivity contribution is 6.30. The third-order valence-electron chi connectivity index (χ3n) is 2.09. The number of halogens is 3. The molecule has 1 heterocycles. The van der Waals surface area contributed by atoms with Crippen molar-refractivity contribution in [1.29, 1.82) is 0 Å². The summed E-state index contributed by atoms with van der Waals surface area (Å²) < 4.78 is 26.1. The Hall–Kier alpha value is -1.22. The molecule has 72 valence electrons. The summed E-state index contributed by atoms with van der Waals surface area (Å²) in [5.41, 5.74) is 0.758. The molecule has 4 heteroatoms. The van der Waals surface area contributed by atoms with Crippen LogP contribution in [0.5, 0.6) is 0 Å². The number of hydrogen-bond acceptors (Lipinski definition) is 1. The van der Waals surface area contributed by atoms with E-state index in [9.17, 15) is 8.78 Å². The fraction of sp³-hybridized carbons (Fsp3) is 0.100. The normalized spacial score (nSPS) is 10.9. The summed E-state index contributed by atoms with van der Waals surface area (Å²) in [5, 5.41) is 0.355. The summed E-state index contributed by atoms with van der Waals surface area (Å²) in [6.45, 7) is 1.59. The van der Waals surface area contributed by atoms with Crippen molar-refractivity contribution in [2.75, 3.05) is 0 Å². The Balaban J connectivity index is 2.91. The lowest BCUT2D eigenvalue weighted by atomic mass is 10.1. The molecule has 0 aliphatic heterocycles. The van der Waals surface area contributed by atoms with E-state index in [1.807, 2.05) is 0 Å². The molecule has 2 aromatic rings. The molecule has 0 saturated heterocycles. The lowest BCUT2D eigenvalue weighted by Crippen LogP contribution is -1.91. The second-order valence-electron chi connectivity index (χ2n) is 3.00. The van der Waals surface area contributed by atoms with Crippen molar-refractivity contribution in [3.05, 3.63) is 40.6 Å². The summed E-state index contributed by atoms with van der Waals surface area (Å²) in [5.74, 6) is -0.960. The van der Waals surface area contributed by atoms with Crippen LogP contribution in [0.3, 0.4) is 0 Å². The van der Waals surface area contributed by atoms with Gasteiger partial charge in [-0.3, -0.25) is 0 Å². The average Bonchev–Trinajstić information content (AvgIpc) is 2.14. The second-order valence-corrected chi connectivity index (χ2v) is 3.36. The zero-order chi connectivity index (χ0) is 10.3. The van der Waals surface area contributed by atoms with E-state index in [0.29, 0.717) is 16.5 Å². The predicted octanol–water partition coefficient (Wildman–Crippen LogP) is 3.47. The van der Waals surface area contributed by atoms with Crippen molar-refractivity contribution in [3.8, 4) is 0 Å². The van der Waals surface area contributed by atoms with Crippen LogP contribution < -0.4 is 0 Å². The van der Waals surface area contributed by atoms with Gasteiger partial charge in [0.05, 0.1) is 5.52 Å². The third-order valence-corrected chi connectivity index (χ3v) is 2.34. The van der Waals surface area contributed by atoms with Crippen LogP contribution >= 0.6 is 11.6 Å². The van der Waals surface area contributed by atoms with Gasteiger partial charge in [-0.2, -0.15) is 0 Å². The first-order chi connectivity index (χ1) is 6.59. The average molecular weight is 214 g/mol. The number of benzene rings is 1. The van der Waals surface area contributed by atoms with Crippen LogP contribution in [0, 0.1) is 18.6 Å². The zero-order valence-electron chi connectivity index (χ0n) is 7.31. The minimum absolute atomic E-state index is 0.222. The van der Waals surface area contributed by atoms with Crippen molar-refractivity contribution >= 4 is 22.5 Å². The summed E-state index contributed by atoms with van der Waals surface area (Å²) in [4.78, 5) is 3.75. The van der Waals surface area contributed by atoms with Crippen LogP contribution in [0.2, 0.25) is 5.15 Å². The second kappa shape index (κ2) is 3.17. The molecule has 0 aliphatic carbocycles. The van der Waals surface area contributed by atoms with E-state index in [0.717, 1.165) is 0 Å². The molecule has 1 aromatic carbocycles. The van der Waals surface area contributed by atoms with Crippen LogP contribution in [0.1, 0.15) is 5.56 Å². The Morgan fingerprint density at radius 2 is 2.00 bits per heavy atom. The molecular formula is C10H6ClF2N. The molecule has 2 rings (SSSR count). The highest BCUT2D eigenvalue weighted by atomic mass is 35.5. The van der Waals surface area contributed by atoms with Gasteiger partial charge in [0.1, 0.15) is 5.82 Å². The van der Waals surface area contributed by atoms with Gasteiger partial charge in [0, 0.05) is 11.5 Å². The molecule has 0 aliphatic rings. The molecular weight excluding hydrogens is 208 g/mol. The molecule has 0 unspecified atom stereocenters. The van der Waals surface area contributed by atoms with E-state index in [-0.39, 0.29) is 5.15 Å². The van der Waals surface area contributed by atoms with Gasteiger partial charge in [0.25, 0.3) is 0 Å². The van der Waals surface area contributed by atoms with Crippen molar-refractivity contribution < 1.29 is 8.78 Å². The maximum atomic E-state index is 13.3.